The van der Waals surface area contributed by atoms with E-state index in [1.54, 1.807) is 0 Å². The number of aliphatic hydroxyl groups is 1. The summed E-state index contributed by atoms with van der Waals surface area (Å²) in [7, 11) is 0. The SMILES string of the molecule is CC(C)(C)OC(=O)NC1(C)CNCCC1CO. The molecule has 1 fully saturated rings. The highest BCUT2D eigenvalue weighted by molar-refractivity contribution is 5.68. The molecule has 100 valence electrons. The average Bonchev–Trinajstić information content (AvgIpc) is 2.14. The van der Waals surface area contributed by atoms with Crippen molar-refractivity contribution in [2.24, 2.45) is 5.92 Å². The van der Waals surface area contributed by atoms with Crippen molar-refractivity contribution in [1.82, 2.24) is 10.6 Å². The van der Waals surface area contributed by atoms with Crippen LogP contribution in [0.15, 0.2) is 0 Å². The maximum absolute atomic E-state index is 11.8. The number of ether oxygens (including phenoxy) is 1. The van der Waals surface area contributed by atoms with Gasteiger partial charge in [-0.25, -0.2) is 4.79 Å². The summed E-state index contributed by atoms with van der Waals surface area (Å²) in [6.07, 6.45) is 0.421. The van der Waals surface area contributed by atoms with Crippen molar-refractivity contribution in [3.8, 4) is 0 Å². The monoisotopic (exact) mass is 244 g/mol. The highest BCUT2D eigenvalue weighted by atomic mass is 16.6. The lowest BCUT2D eigenvalue weighted by Crippen LogP contribution is -2.62. The maximum atomic E-state index is 11.8. The lowest BCUT2D eigenvalue weighted by molar-refractivity contribution is 0.0339. The lowest BCUT2D eigenvalue weighted by atomic mass is 9.81. The quantitative estimate of drug-likeness (QED) is 0.674. The van der Waals surface area contributed by atoms with Crippen LogP contribution in [0, 0.1) is 5.92 Å². The molecule has 0 spiro atoms. The molecule has 17 heavy (non-hydrogen) atoms. The van der Waals surface area contributed by atoms with Gasteiger partial charge in [-0.1, -0.05) is 0 Å². The Morgan fingerprint density at radius 2 is 2.24 bits per heavy atom. The molecule has 1 aliphatic heterocycles. The van der Waals surface area contributed by atoms with Crippen molar-refractivity contribution in [2.45, 2.75) is 45.3 Å². The van der Waals surface area contributed by atoms with Crippen LogP contribution in [0.5, 0.6) is 0 Å². The van der Waals surface area contributed by atoms with Gasteiger partial charge in [0.05, 0.1) is 5.54 Å². The minimum Gasteiger partial charge on any atom is -0.444 e. The Kier molecular flexibility index (Phi) is 4.38. The molecule has 1 heterocycles. The molecule has 3 N–H and O–H groups in total. The van der Waals surface area contributed by atoms with E-state index in [0.29, 0.717) is 6.54 Å². The van der Waals surface area contributed by atoms with E-state index >= 15 is 0 Å². The number of rotatable bonds is 2. The zero-order valence-electron chi connectivity index (χ0n) is 11.2. The van der Waals surface area contributed by atoms with E-state index in [-0.39, 0.29) is 12.5 Å². The molecule has 0 saturated carbocycles. The van der Waals surface area contributed by atoms with E-state index in [0.717, 1.165) is 13.0 Å². The highest BCUT2D eigenvalue weighted by Gasteiger charge is 2.38. The van der Waals surface area contributed by atoms with Gasteiger partial charge in [0, 0.05) is 19.1 Å². The third-order valence-corrected chi connectivity index (χ3v) is 3.07. The second-order valence-electron chi connectivity index (χ2n) is 5.89. The number of hydrogen-bond donors (Lipinski definition) is 3. The van der Waals surface area contributed by atoms with Gasteiger partial charge in [-0.3, -0.25) is 0 Å². The fourth-order valence-electron chi connectivity index (χ4n) is 2.06. The molecule has 0 aliphatic carbocycles. The molecule has 5 nitrogen and oxygen atoms in total. The summed E-state index contributed by atoms with van der Waals surface area (Å²) in [5.74, 6) is 0.0660. The summed E-state index contributed by atoms with van der Waals surface area (Å²) in [4.78, 5) is 11.8. The summed E-state index contributed by atoms with van der Waals surface area (Å²) in [6, 6.07) is 0. The minimum atomic E-state index is -0.503. The van der Waals surface area contributed by atoms with Gasteiger partial charge in [-0.2, -0.15) is 0 Å². The van der Waals surface area contributed by atoms with Crippen LogP contribution >= 0.6 is 0 Å². The van der Waals surface area contributed by atoms with Gasteiger partial charge in [0.15, 0.2) is 0 Å². The van der Waals surface area contributed by atoms with E-state index in [1.165, 1.54) is 0 Å². The summed E-state index contributed by atoms with van der Waals surface area (Å²) in [5, 5.41) is 15.4. The fraction of sp³-hybridized carbons (Fsp3) is 0.917. The van der Waals surface area contributed by atoms with Gasteiger partial charge in [-0.05, 0) is 40.7 Å². The molecular weight excluding hydrogens is 220 g/mol. The van der Waals surface area contributed by atoms with E-state index in [1.807, 2.05) is 27.7 Å². The first-order valence-electron chi connectivity index (χ1n) is 6.09. The molecule has 2 atom stereocenters. The molecular formula is C12H24N2O3. The first kappa shape index (κ1) is 14.3. The van der Waals surface area contributed by atoms with Crippen molar-refractivity contribution in [1.29, 1.82) is 0 Å². The van der Waals surface area contributed by atoms with Crippen LogP contribution in [0.25, 0.3) is 0 Å². The Morgan fingerprint density at radius 1 is 1.59 bits per heavy atom. The van der Waals surface area contributed by atoms with Crippen LogP contribution in [0.3, 0.4) is 0 Å². The molecule has 1 aliphatic rings. The second kappa shape index (κ2) is 5.23. The summed E-state index contributed by atoms with van der Waals surface area (Å²) >= 11 is 0. The largest absolute Gasteiger partial charge is 0.444 e. The number of hydrogen-bond acceptors (Lipinski definition) is 4. The normalized spacial score (nSPS) is 29.8. The fourth-order valence-corrected chi connectivity index (χ4v) is 2.06. The Bertz CT molecular complexity index is 275. The van der Waals surface area contributed by atoms with Gasteiger partial charge in [0.1, 0.15) is 5.60 Å². The van der Waals surface area contributed by atoms with Crippen LogP contribution in [0.1, 0.15) is 34.1 Å². The smallest absolute Gasteiger partial charge is 0.408 e. The average molecular weight is 244 g/mol. The second-order valence-corrected chi connectivity index (χ2v) is 5.89. The first-order valence-corrected chi connectivity index (χ1v) is 6.09. The van der Waals surface area contributed by atoms with Gasteiger partial charge in [-0.15, -0.1) is 0 Å². The number of nitrogens with one attached hydrogen (secondary N) is 2. The minimum absolute atomic E-state index is 0.0660. The van der Waals surface area contributed by atoms with Crippen LogP contribution in [-0.2, 0) is 4.74 Å². The molecule has 0 aromatic carbocycles. The summed E-state index contributed by atoms with van der Waals surface area (Å²) < 4.78 is 5.24. The zero-order chi connectivity index (χ0) is 13.1. The Morgan fingerprint density at radius 3 is 2.76 bits per heavy atom. The summed E-state index contributed by atoms with van der Waals surface area (Å²) in [6.45, 7) is 9.03. The van der Waals surface area contributed by atoms with Crippen molar-refractivity contribution in [3.63, 3.8) is 0 Å². The molecule has 5 heteroatoms. The van der Waals surface area contributed by atoms with Crippen molar-refractivity contribution in [3.05, 3.63) is 0 Å². The van der Waals surface area contributed by atoms with Crippen LogP contribution in [0.2, 0.25) is 0 Å². The molecule has 0 radical (unpaired) electrons. The molecule has 1 saturated heterocycles. The van der Waals surface area contributed by atoms with Gasteiger partial charge in [0.25, 0.3) is 0 Å². The van der Waals surface area contributed by atoms with E-state index < -0.39 is 17.2 Å². The number of carbonyl (C=O) groups excluding carboxylic acids is 1. The van der Waals surface area contributed by atoms with E-state index in [2.05, 4.69) is 10.6 Å². The third-order valence-electron chi connectivity index (χ3n) is 3.07. The zero-order valence-corrected chi connectivity index (χ0v) is 11.2. The number of alkyl carbamates (subject to hydrolysis) is 1. The van der Waals surface area contributed by atoms with Gasteiger partial charge >= 0.3 is 6.09 Å². The number of carbonyl (C=O) groups is 1. The standard InChI is InChI=1S/C12H24N2O3/c1-11(2,3)17-10(16)14-12(4)8-13-6-5-9(12)7-15/h9,13,15H,5-8H2,1-4H3,(H,14,16). The predicted octanol–water partition coefficient (Wildman–Crippen LogP) is 0.872. The molecule has 1 rings (SSSR count). The molecule has 0 aromatic rings. The topological polar surface area (TPSA) is 70.6 Å². The van der Waals surface area contributed by atoms with Gasteiger partial charge in [0.2, 0.25) is 0 Å². The number of amides is 1. The molecule has 0 aromatic heterocycles. The Labute approximate surface area is 103 Å². The Hall–Kier alpha value is -0.810. The van der Waals surface area contributed by atoms with Crippen LogP contribution in [0.4, 0.5) is 4.79 Å². The van der Waals surface area contributed by atoms with Crippen LogP contribution < -0.4 is 10.6 Å². The molecule has 2 unspecified atom stereocenters. The van der Waals surface area contributed by atoms with Crippen LogP contribution in [-0.4, -0.2) is 42.0 Å². The van der Waals surface area contributed by atoms with Gasteiger partial charge < -0.3 is 20.5 Å². The predicted molar refractivity (Wildman–Crippen MR) is 65.8 cm³/mol. The third kappa shape index (κ3) is 4.16. The van der Waals surface area contributed by atoms with Crippen molar-refractivity contribution >= 4 is 6.09 Å². The molecule has 0 bridgehead atoms. The van der Waals surface area contributed by atoms with E-state index in [4.69, 9.17) is 4.74 Å². The van der Waals surface area contributed by atoms with Crippen molar-refractivity contribution < 1.29 is 14.6 Å². The summed E-state index contributed by atoms with van der Waals surface area (Å²) in [5.41, 5.74) is -0.952. The first-order chi connectivity index (χ1) is 7.77. The number of piperidine rings is 1. The van der Waals surface area contributed by atoms with E-state index in [9.17, 15) is 9.90 Å². The maximum Gasteiger partial charge on any atom is 0.408 e. The number of aliphatic hydroxyl groups excluding tert-OH is 1. The lowest BCUT2D eigenvalue weighted by Gasteiger charge is -2.41. The Balaban J connectivity index is 2.61. The van der Waals surface area contributed by atoms with Crippen molar-refractivity contribution in [2.75, 3.05) is 19.7 Å². The molecule has 1 amide bonds. The highest BCUT2D eigenvalue weighted by Crippen LogP contribution is 2.23.